The van der Waals surface area contributed by atoms with Gasteiger partial charge in [-0.3, -0.25) is 0 Å². The zero-order chi connectivity index (χ0) is 41.0. The predicted octanol–water partition coefficient (Wildman–Crippen LogP) is 15.6. The summed E-state index contributed by atoms with van der Waals surface area (Å²) in [6.45, 7) is 0. The lowest BCUT2D eigenvalue weighted by Crippen LogP contribution is -2.32. The Hall–Kier alpha value is -8.00. The fraction of sp³-hybridized carbons (Fsp3) is 0.0323. The van der Waals surface area contributed by atoms with Crippen LogP contribution in [-0.2, 0) is 10.8 Å². The molecule has 15 rings (SSSR count). The van der Waals surface area contributed by atoms with Gasteiger partial charge in [0.25, 0.3) is 0 Å². The zero-order valence-corrected chi connectivity index (χ0v) is 34.2. The maximum absolute atomic E-state index is 7.26. The van der Waals surface area contributed by atoms with Crippen LogP contribution in [0.15, 0.2) is 218 Å². The topological polar surface area (TPSA) is 9.23 Å². The Morgan fingerprint density at radius 2 is 0.651 bits per heavy atom. The van der Waals surface area contributed by atoms with E-state index < -0.39 is 10.8 Å². The molecule has 290 valence electrons. The summed E-state index contributed by atoms with van der Waals surface area (Å²) in [5.41, 5.74) is 19.4. The van der Waals surface area contributed by atoms with E-state index in [9.17, 15) is 0 Å². The van der Waals surface area contributed by atoms with Crippen molar-refractivity contribution >= 4 is 32.3 Å². The zero-order valence-electron chi connectivity index (χ0n) is 34.2. The summed E-state index contributed by atoms with van der Waals surface area (Å²) >= 11 is 0. The van der Waals surface area contributed by atoms with E-state index in [1.165, 1.54) is 111 Å². The Morgan fingerprint density at radius 1 is 0.254 bits per heavy atom. The molecule has 4 aliphatic rings. The van der Waals surface area contributed by atoms with Gasteiger partial charge in [-0.1, -0.05) is 206 Å². The Morgan fingerprint density at radius 3 is 1.21 bits per heavy atom. The number of ether oxygens (including phenoxy) is 1. The fourth-order valence-electron chi connectivity index (χ4n) is 12.7. The van der Waals surface area contributed by atoms with Crippen molar-refractivity contribution in [3.8, 4) is 56.0 Å². The molecule has 1 heteroatoms. The summed E-state index contributed by atoms with van der Waals surface area (Å²) < 4.78 is 7.26. The van der Waals surface area contributed by atoms with Crippen molar-refractivity contribution in [1.29, 1.82) is 0 Å². The van der Waals surface area contributed by atoms with E-state index in [0.29, 0.717) is 0 Å². The maximum atomic E-state index is 7.26. The summed E-state index contributed by atoms with van der Waals surface area (Å²) in [4.78, 5) is 0. The summed E-state index contributed by atoms with van der Waals surface area (Å²) in [5.74, 6) is 1.88. The minimum Gasteiger partial charge on any atom is -0.455 e. The van der Waals surface area contributed by atoms with Gasteiger partial charge in [0.1, 0.15) is 11.5 Å². The smallest absolute Gasteiger partial charge is 0.140 e. The van der Waals surface area contributed by atoms with E-state index in [-0.39, 0.29) is 0 Å². The Labute approximate surface area is 365 Å². The van der Waals surface area contributed by atoms with Gasteiger partial charge in [0.05, 0.1) is 10.8 Å². The average molecular weight is 797 g/mol. The molecule has 0 fully saturated rings. The molecule has 0 saturated carbocycles. The minimum absolute atomic E-state index is 0.485. The third-order valence-corrected chi connectivity index (χ3v) is 15.1. The van der Waals surface area contributed by atoms with Crippen LogP contribution in [0, 0.1) is 0 Å². The number of rotatable bonds is 1. The highest BCUT2D eigenvalue weighted by Crippen LogP contribution is 2.65. The van der Waals surface area contributed by atoms with E-state index in [1.54, 1.807) is 0 Å². The molecular formula is C62H36O. The van der Waals surface area contributed by atoms with Gasteiger partial charge in [-0.15, -0.1) is 0 Å². The summed E-state index contributed by atoms with van der Waals surface area (Å²) in [6, 6.07) is 82.2. The highest BCUT2D eigenvalue weighted by Gasteiger charge is 2.53. The third-order valence-electron chi connectivity index (χ3n) is 15.1. The van der Waals surface area contributed by atoms with Crippen molar-refractivity contribution in [3.05, 3.63) is 263 Å². The van der Waals surface area contributed by atoms with Gasteiger partial charge in [0.15, 0.2) is 0 Å². The van der Waals surface area contributed by atoms with Crippen LogP contribution in [0.5, 0.6) is 11.5 Å². The molecule has 11 aromatic rings. The van der Waals surface area contributed by atoms with Crippen molar-refractivity contribution in [2.45, 2.75) is 10.8 Å². The monoisotopic (exact) mass is 796 g/mol. The maximum Gasteiger partial charge on any atom is 0.140 e. The van der Waals surface area contributed by atoms with Gasteiger partial charge in [0.2, 0.25) is 0 Å². The highest BCUT2D eigenvalue weighted by atomic mass is 16.5. The molecule has 1 unspecified atom stereocenters. The first-order valence-corrected chi connectivity index (χ1v) is 22.1. The molecule has 0 saturated heterocycles. The predicted molar refractivity (Wildman–Crippen MR) is 258 cm³/mol. The highest BCUT2D eigenvalue weighted by molar-refractivity contribution is 6.07. The van der Waals surface area contributed by atoms with Crippen molar-refractivity contribution in [2.75, 3.05) is 0 Å². The van der Waals surface area contributed by atoms with Crippen LogP contribution in [0.2, 0.25) is 0 Å². The van der Waals surface area contributed by atoms with Gasteiger partial charge in [-0.05, 0) is 112 Å². The summed E-state index contributed by atoms with van der Waals surface area (Å²) in [5, 5.41) is 7.23. The molecule has 0 aromatic heterocycles. The van der Waals surface area contributed by atoms with E-state index in [2.05, 4.69) is 218 Å². The van der Waals surface area contributed by atoms with E-state index in [4.69, 9.17) is 4.74 Å². The molecule has 0 bridgehead atoms. The van der Waals surface area contributed by atoms with Crippen LogP contribution < -0.4 is 4.74 Å². The Balaban J connectivity index is 1.03. The summed E-state index contributed by atoms with van der Waals surface area (Å²) in [7, 11) is 0. The molecule has 0 N–H and O–H groups in total. The lowest BCUT2D eigenvalue weighted by atomic mass is 9.61. The van der Waals surface area contributed by atoms with Crippen LogP contribution in [-0.4, -0.2) is 0 Å². The number of hydrogen-bond acceptors (Lipinski definition) is 1. The molecule has 0 radical (unpaired) electrons. The molecule has 11 aromatic carbocycles. The second-order valence-electron chi connectivity index (χ2n) is 17.8. The SMILES string of the molecule is c1ccc2c(c1)-c1ccc(-c3ccc4c(c3)C3(c5ccccc5-4)c4ccccc4-c4cccc5cccc3c45)cc1C21c2ccc3ccccc3c2Oc2c1ccc1ccccc21. The van der Waals surface area contributed by atoms with Gasteiger partial charge in [-0.25, -0.2) is 0 Å². The number of fused-ring (bicyclic) bond motifs is 22. The van der Waals surface area contributed by atoms with Crippen LogP contribution in [0.1, 0.15) is 44.5 Å². The molecule has 3 aliphatic carbocycles. The molecule has 2 spiro atoms. The molecule has 63 heavy (non-hydrogen) atoms. The van der Waals surface area contributed by atoms with Crippen LogP contribution in [0.25, 0.3) is 76.8 Å². The first-order valence-electron chi connectivity index (χ1n) is 22.1. The van der Waals surface area contributed by atoms with Gasteiger partial charge >= 0.3 is 0 Å². The molecule has 1 nitrogen and oxygen atoms in total. The average Bonchev–Trinajstić information content (AvgIpc) is 3.80. The van der Waals surface area contributed by atoms with Crippen molar-refractivity contribution in [2.24, 2.45) is 0 Å². The molecule has 1 heterocycles. The van der Waals surface area contributed by atoms with Gasteiger partial charge in [-0.2, -0.15) is 0 Å². The second-order valence-corrected chi connectivity index (χ2v) is 17.8. The molecular weight excluding hydrogens is 761 g/mol. The largest absolute Gasteiger partial charge is 0.455 e. The Kier molecular flexibility index (Phi) is 6.35. The number of hydrogen-bond donors (Lipinski definition) is 0. The first-order chi connectivity index (χ1) is 31.2. The first kappa shape index (κ1) is 33.7. The van der Waals surface area contributed by atoms with Crippen molar-refractivity contribution in [3.63, 3.8) is 0 Å². The molecule has 1 aliphatic heterocycles. The molecule has 0 amide bonds. The van der Waals surface area contributed by atoms with Gasteiger partial charge < -0.3 is 4.74 Å². The second kappa shape index (κ2) is 11.9. The van der Waals surface area contributed by atoms with Crippen molar-refractivity contribution < 1.29 is 4.74 Å². The van der Waals surface area contributed by atoms with E-state index in [0.717, 1.165) is 22.3 Å². The number of benzene rings is 11. The Bertz CT molecular complexity index is 3760. The van der Waals surface area contributed by atoms with E-state index >= 15 is 0 Å². The quantitative estimate of drug-likeness (QED) is 0.161. The summed E-state index contributed by atoms with van der Waals surface area (Å²) in [6.07, 6.45) is 0. The standard InChI is InChI=1S/C62H36O/c1-3-17-42-37(13-1)29-33-54-59(42)63-60-43-18-4-2-14-38(43)30-34-55(60)62(54)51-24-9-6-20-45(51)48-32-28-41(36-57(48)62)40-27-31-47-44-19-5-8-23-50(44)61(56(47)35-40)52-25-10-7-21-46(52)49-22-11-15-39-16-12-26-53(61)58(39)49/h1-36H. The normalized spacial score (nSPS) is 16.3. The lowest BCUT2D eigenvalue weighted by molar-refractivity contribution is 0.447. The van der Waals surface area contributed by atoms with Crippen LogP contribution >= 0.6 is 0 Å². The lowest BCUT2D eigenvalue weighted by Gasteiger charge is -2.40. The minimum atomic E-state index is -0.616. The third kappa shape index (κ3) is 4.00. The van der Waals surface area contributed by atoms with Crippen molar-refractivity contribution in [1.82, 2.24) is 0 Å². The van der Waals surface area contributed by atoms with Crippen LogP contribution in [0.4, 0.5) is 0 Å². The molecule has 1 atom stereocenters. The van der Waals surface area contributed by atoms with Crippen LogP contribution in [0.3, 0.4) is 0 Å². The van der Waals surface area contributed by atoms with E-state index in [1.807, 2.05) is 0 Å². The fourth-order valence-corrected chi connectivity index (χ4v) is 12.7. The van der Waals surface area contributed by atoms with Gasteiger partial charge in [0, 0.05) is 21.9 Å².